The Hall–Kier alpha value is -0.210. The van der Waals surface area contributed by atoms with E-state index in [0.29, 0.717) is 13.2 Å². The van der Waals surface area contributed by atoms with Gasteiger partial charge in [-0.15, -0.1) is 0 Å². The van der Waals surface area contributed by atoms with Gasteiger partial charge in [0, 0.05) is 26.8 Å². The van der Waals surface area contributed by atoms with E-state index in [-0.39, 0.29) is 12.6 Å². The third-order valence-electron chi connectivity index (χ3n) is 1.74. The normalized spacial score (nSPS) is 14.6. The van der Waals surface area contributed by atoms with Gasteiger partial charge >= 0.3 is 0 Å². The molecule has 7 heteroatoms. The average Bonchev–Trinajstić information content (AvgIpc) is 2.03. The minimum absolute atomic E-state index is 0.236. The average molecular weight is 226 g/mol. The quantitative estimate of drug-likeness (QED) is 0.614. The minimum Gasteiger partial charge on any atom is -0.383 e. The molecule has 1 atom stereocenters. The summed E-state index contributed by atoms with van der Waals surface area (Å²) in [6.45, 7) is 2.58. The molecule has 0 aromatic carbocycles. The van der Waals surface area contributed by atoms with Crippen LogP contribution in [0.2, 0.25) is 0 Å². The molecule has 0 bridgehead atoms. The van der Waals surface area contributed by atoms with Crippen LogP contribution in [0.25, 0.3) is 0 Å². The number of nitrogens with two attached hydrogens (primary N) is 1. The molecule has 0 aliphatic carbocycles. The number of ether oxygens (including phenoxy) is 2. The Kier molecular flexibility index (Phi) is 6.21. The summed E-state index contributed by atoms with van der Waals surface area (Å²) in [5.74, 6) is 0. The highest BCUT2D eigenvalue weighted by Gasteiger charge is 2.23. The van der Waals surface area contributed by atoms with Crippen LogP contribution in [-0.4, -0.2) is 52.7 Å². The van der Waals surface area contributed by atoms with Crippen molar-refractivity contribution in [3.63, 3.8) is 0 Å². The molecule has 0 rings (SSSR count). The van der Waals surface area contributed by atoms with Crippen molar-refractivity contribution in [1.29, 1.82) is 0 Å². The van der Waals surface area contributed by atoms with E-state index in [2.05, 4.69) is 0 Å². The van der Waals surface area contributed by atoms with Crippen LogP contribution < -0.4 is 5.14 Å². The zero-order valence-electron chi connectivity index (χ0n) is 8.76. The Labute approximate surface area is 85.2 Å². The van der Waals surface area contributed by atoms with Crippen LogP contribution in [0, 0.1) is 0 Å². The van der Waals surface area contributed by atoms with E-state index in [1.807, 2.05) is 0 Å². The number of hydrogen-bond acceptors (Lipinski definition) is 4. The third-order valence-corrected chi connectivity index (χ3v) is 2.94. The maximum Gasteiger partial charge on any atom is 0.277 e. The lowest BCUT2D eigenvalue weighted by molar-refractivity contribution is 0.119. The van der Waals surface area contributed by atoms with Crippen molar-refractivity contribution in [3.8, 4) is 0 Å². The highest BCUT2D eigenvalue weighted by molar-refractivity contribution is 7.86. The molecule has 0 aliphatic rings. The summed E-state index contributed by atoms with van der Waals surface area (Å²) < 4.78 is 33.1. The lowest BCUT2D eigenvalue weighted by Gasteiger charge is -2.25. The van der Waals surface area contributed by atoms with Gasteiger partial charge < -0.3 is 9.47 Å². The molecule has 1 unspecified atom stereocenters. The van der Waals surface area contributed by atoms with Crippen LogP contribution >= 0.6 is 0 Å². The van der Waals surface area contributed by atoms with Gasteiger partial charge in [-0.1, -0.05) is 0 Å². The summed E-state index contributed by atoms with van der Waals surface area (Å²) in [6.07, 6.45) is 0. The van der Waals surface area contributed by atoms with Crippen molar-refractivity contribution < 1.29 is 17.9 Å². The van der Waals surface area contributed by atoms with Gasteiger partial charge in [-0.3, -0.25) is 0 Å². The lowest BCUT2D eigenvalue weighted by Crippen LogP contribution is -2.46. The van der Waals surface area contributed by atoms with Crippen LogP contribution in [0.15, 0.2) is 0 Å². The zero-order valence-corrected chi connectivity index (χ0v) is 9.58. The smallest absolute Gasteiger partial charge is 0.277 e. The Morgan fingerprint density at radius 2 is 1.93 bits per heavy atom. The Balaban J connectivity index is 4.39. The van der Waals surface area contributed by atoms with Crippen molar-refractivity contribution in [2.45, 2.75) is 13.0 Å². The van der Waals surface area contributed by atoms with Crippen LogP contribution in [0.3, 0.4) is 0 Å². The highest BCUT2D eigenvalue weighted by Crippen LogP contribution is 2.03. The van der Waals surface area contributed by atoms with Crippen LogP contribution in [0.1, 0.15) is 6.92 Å². The molecule has 0 fully saturated rings. The maximum absolute atomic E-state index is 11.1. The molecular weight excluding hydrogens is 208 g/mol. The Morgan fingerprint density at radius 3 is 2.29 bits per heavy atom. The first-order valence-electron chi connectivity index (χ1n) is 4.21. The zero-order chi connectivity index (χ0) is 11.2. The monoisotopic (exact) mass is 226 g/mol. The number of hydrogen-bond donors (Lipinski definition) is 1. The molecule has 0 amide bonds. The van der Waals surface area contributed by atoms with Crippen LogP contribution in [0.4, 0.5) is 0 Å². The molecule has 0 saturated heterocycles. The van der Waals surface area contributed by atoms with Crippen LogP contribution in [0.5, 0.6) is 0 Å². The van der Waals surface area contributed by atoms with E-state index in [1.165, 1.54) is 14.2 Å². The second-order valence-electron chi connectivity index (χ2n) is 2.95. The Bertz CT molecular complexity index is 242. The highest BCUT2D eigenvalue weighted by atomic mass is 32.2. The van der Waals surface area contributed by atoms with Crippen molar-refractivity contribution >= 4 is 10.2 Å². The van der Waals surface area contributed by atoms with E-state index >= 15 is 0 Å². The summed E-state index contributed by atoms with van der Waals surface area (Å²) in [5.41, 5.74) is 0. The predicted octanol–water partition coefficient (Wildman–Crippen LogP) is -0.827. The number of rotatable bonds is 7. The second-order valence-corrected chi connectivity index (χ2v) is 4.45. The summed E-state index contributed by atoms with van der Waals surface area (Å²) >= 11 is 0. The molecular formula is C7H18N2O4S. The maximum atomic E-state index is 11.1. The molecule has 0 saturated carbocycles. The second kappa shape index (κ2) is 6.31. The standard InChI is InChI=1S/C7H18N2O4S/c1-7(6-13-3)9(4-5-12-2)14(8,10)11/h7H,4-6H2,1-3H3,(H2,8,10,11). The van der Waals surface area contributed by atoms with Gasteiger partial charge in [0.2, 0.25) is 0 Å². The van der Waals surface area contributed by atoms with Gasteiger partial charge in [0.05, 0.1) is 13.2 Å². The fourth-order valence-electron chi connectivity index (χ4n) is 1.10. The summed E-state index contributed by atoms with van der Waals surface area (Å²) in [7, 11) is -0.675. The first-order valence-corrected chi connectivity index (χ1v) is 5.71. The molecule has 0 aliphatic heterocycles. The summed E-state index contributed by atoms with van der Waals surface area (Å²) in [5, 5.41) is 5.04. The van der Waals surface area contributed by atoms with Crippen molar-refractivity contribution in [2.75, 3.05) is 34.0 Å². The molecule has 0 radical (unpaired) electrons. The van der Waals surface area contributed by atoms with E-state index in [4.69, 9.17) is 14.6 Å². The predicted molar refractivity (Wildman–Crippen MR) is 53.0 cm³/mol. The van der Waals surface area contributed by atoms with Crippen molar-refractivity contribution in [2.24, 2.45) is 5.14 Å². The molecule has 0 spiro atoms. The van der Waals surface area contributed by atoms with Crippen molar-refractivity contribution in [3.05, 3.63) is 0 Å². The molecule has 14 heavy (non-hydrogen) atoms. The molecule has 0 heterocycles. The molecule has 86 valence electrons. The van der Waals surface area contributed by atoms with Gasteiger partial charge in [0.15, 0.2) is 0 Å². The van der Waals surface area contributed by atoms with E-state index in [9.17, 15) is 8.42 Å². The van der Waals surface area contributed by atoms with E-state index in [1.54, 1.807) is 6.92 Å². The first kappa shape index (κ1) is 13.8. The lowest BCUT2D eigenvalue weighted by atomic mass is 10.3. The van der Waals surface area contributed by atoms with E-state index in [0.717, 1.165) is 4.31 Å². The van der Waals surface area contributed by atoms with E-state index < -0.39 is 10.2 Å². The SMILES string of the molecule is COCCN(C(C)COC)S(N)(=O)=O. The van der Waals surface area contributed by atoms with Crippen LogP contribution in [-0.2, 0) is 19.7 Å². The summed E-state index contributed by atoms with van der Waals surface area (Å²) in [6, 6.07) is -0.287. The number of methoxy groups -OCH3 is 2. The van der Waals surface area contributed by atoms with Crippen molar-refractivity contribution in [1.82, 2.24) is 4.31 Å². The topological polar surface area (TPSA) is 81.9 Å². The third kappa shape index (κ3) is 4.87. The van der Waals surface area contributed by atoms with Gasteiger partial charge in [0.1, 0.15) is 0 Å². The molecule has 6 nitrogen and oxygen atoms in total. The first-order chi connectivity index (χ1) is 6.43. The van der Waals surface area contributed by atoms with Gasteiger partial charge in [0.25, 0.3) is 10.2 Å². The fraction of sp³-hybridized carbons (Fsp3) is 1.00. The minimum atomic E-state index is -3.69. The fourth-order valence-corrected chi connectivity index (χ4v) is 2.00. The van der Waals surface area contributed by atoms with Gasteiger partial charge in [-0.05, 0) is 6.92 Å². The Morgan fingerprint density at radius 1 is 1.36 bits per heavy atom. The number of nitrogens with zero attached hydrogens (tertiary/aromatic N) is 1. The summed E-state index contributed by atoms with van der Waals surface area (Å²) in [4.78, 5) is 0. The molecule has 2 N–H and O–H groups in total. The molecule has 0 aromatic heterocycles. The van der Waals surface area contributed by atoms with Gasteiger partial charge in [-0.2, -0.15) is 12.7 Å². The molecule has 0 aromatic rings. The largest absolute Gasteiger partial charge is 0.383 e. The van der Waals surface area contributed by atoms with Gasteiger partial charge in [-0.25, -0.2) is 5.14 Å².